The number of pyridine rings is 1. The van der Waals surface area contributed by atoms with Crippen LogP contribution in [0.3, 0.4) is 0 Å². The largest absolute Gasteiger partial charge is 0.389 e. The van der Waals surface area contributed by atoms with Gasteiger partial charge < -0.3 is 10.0 Å². The summed E-state index contributed by atoms with van der Waals surface area (Å²) in [6.45, 7) is 6.99. The average molecular weight is 352 g/mol. The molecule has 0 amide bonds. The Morgan fingerprint density at radius 2 is 2.06 bits per heavy atom. The highest BCUT2D eigenvalue weighted by atomic mass is 79.9. The van der Waals surface area contributed by atoms with Crippen LogP contribution in [0.4, 0.5) is 5.82 Å². The van der Waals surface area contributed by atoms with Crippen molar-refractivity contribution in [2.45, 2.75) is 26.4 Å². The lowest BCUT2D eigenvalue weighted by molar-refractivity contribution is 0.0874. The minimum atomic E-state index is -0.732. The van der Waals surface area contributed by atoms with Crippen molar-refractivity contribution in [3.8, 4) is 0 Å². The van der Waals surface area contributed by atoms with Crippen LogP contribution in [-0.4, -0.2) is 28.8 Å². The molecule has 0 bridgehead atoms. The van der Waals surface area contributed by atoms with E-state index in [4.69, 9.17) is 0 Å². The lowest BCUT2D eigenvalue weighted by Gasteiger charge is -2.29. The maximum absolute atomic E-state index is 9.83. The Balaban J connectivity index is 2.95. The molecule has 0 atom stereocenters. The molecule has 3 nitrogen and oxygen atoms in total. The van der Waals surface area contributed by atoms with Crippen LogP contribution in [0.2, 0.25) is 0 Å². The van der Waals surface area contributed by atoms with Gasteiger partial charge >= 0.3 is 0 Å². The summed E-state index contributed by atoms with van der Waals surface area (Å²) in [4.78, 5) is 6.39. The van der Waals surface area contributed by atoms with Crippen LogP contribution in [0, 0.1) is 0 Å². The molecule has 0 saturated carbocycles. The third-order valence-electron chi connectivity index (χ3n) is 2.05. The second kappa shape index (κ2) is 5.47. The van der Waals surface area contributed by atoms with E-state index >= 15 is 0 Å². The molecule has 1 heterocycles. The quantitative estimate of drug-likeness (QED) is 0.904. The summed E-state index contributed by atoms with van der Waals surface area (Å²) in [5.74, 6) is 0.854. The van der Waals surface area contributed by atoms with E-state index in [9.17, 15) is 5.11 Å². The molecule has 0 aliphatic carbocycles. The van der Waals surface area contributed by atoms with Crippen LogP contribution in [-0.2, 0) is 0 Å². The molecule has 0 aromatic carbocycles. The first-order valence-electron chi connectivity index (χ1n) is 5.12. The molecule has 0 saturated heterocycles. The molecule has 0 spiro atoms. The third-order valence-corrected chi connectivity index (χ3v) is 3.06. The molecule has 0 radical (unpaired) electrons. The second-order valence-corrected chi connectivity index (χ2v) is 6.06. The summed E-state index contributed by atoms with van der Waals surface area (Å²) in [5, 5.41) is 9.83. The van der Waals surface area contributed by atoms with Crippen molar-refractivity contribution in [3.05, 3.63) is 21.2 Å². The van der Waals surface area contributed by atoms with Crippen molar-refractivity contribution in [1.29, 1.82) is 0 Å². The Labute approximate surface area is 113 Å². The van der Waals surface area contributed by atoms with Crippen LogP contribution >= 0.6 is 31.9 Å². The molecule has 0 aliphatic heterocycles. The second-order valence-electron chi connectivity index (χ2n) is 4.29. The fourth-order valence-corrected chi connectivity index (χ4v) is 2.68. The van der Waals surface area contributed by atoms with E-state index in [0.29, 0.717) is 6.54 Å². The average Bonchev–Trinajstić information content (AvgIpc) is 2.13. The van der Waals surface area contributed by atoms with E-state index in [1.54, 1.807) is 20.0 Å². The number of anilines is 1. The summed E-state index contributed by atoms with van der Waals surface area (Å²) < 4.78 is 1.86. The molecule has 90 valence electrons. The van der Waals surface area contributed by atoms with Crippen molar-refractivity contribution in [2.24, 2.45) is 0 Å². The number of rotatable bonds is 4. The standard InChI is InChI=1S/C11H16Br2N2O/c1-4-15(7-11(2,3)16)10-9(13)5-8(12)6-14-10/h5-6,16H,4,7H2,1-3H3. The zero-order chi connectivity index (χ0) is 12.3. The fourth-order valence-electron chi connectivity index (χ4n) is 1.44. The van der Waals surface area contributed by atoms with Gasteiger partial charge in [-0.2, -0.15) is 0 Å². The first kappa shape index (κ1) is 13.9. The van der Waals surface area contributed by atoms with Crippen molar-refractivity contribution >= 4 is 37.7 Å². The topological polar surface area (TPSA) is 36.4 Å². The number of aliphatic hydroxyl groups is 1. The number of halogens is 2. The Hall–Kier alpha value is -0.130. The molecule has 5 heteroatoms. The van der Waals surface area contributed by atoms with Crippen LogP contribution in [0.25, 0.3) is 0 Å². The summed E-state index contributed by atoms with van der Waals surface area (Å²) in [6.07, 6.45) is 1.76. The van der Waals surface area contributed by atoms with Gasteiger partial charge in [0.15, 0.2) is 0 Å². The van der Waals surface area contributed by atoms with Gasteiger partial charge in [0.1, 0.15) is 5.82 Å². The Bertz CT molecular complexity index is 363. The van der Waals surface area contributed by atoms with E-state index in [-0.39, 0.29) is 0 Å². The van der Waals surface area contributed by atoms with Gasteiger partial charge in [-0.3, -0.25) is 0 Å². The highest BCUT2D eigenvalue weighted by Gasteiger charge is 2.19. The van der Waals surface area contributed by atoms with Crippen molar-refractivity contribution in [1.82, 2.24) is 4.98 Å². The first-order chi connectivity index (χ1) is 7.33. The van der Waals surface area contributed by atoms with Crippen molar-refractivity contribution in [2.75, 3.05) is 18.0 Å². The lowest BCUT2D eigenvalue weighted by Crippen LogP contribution is -2.39. The van der Waals surface area contributed by atoms with Gasteiger partial charge in [-0.25, -0.2) is 4.98 Å². The molecule has 1 N–H and O–H groups in total. The normalized spacial score (nSPS) is 11.6. The maximum atomic E-state index is 9.83. The first-order valence-corrected chi connectivity index (χ1v) is 6.70. The molecular weight excluding hydrogens is 336 g/mol. The Morgan fingerprint density at radius 3 is 2.50 bits per heavy atom. The van der Waals surface area contributed by atoms with Gasteiger partial charge in [-0.05, 0) is 58.7 Å². The summed E-state index contributed by atoms with van der Waals surface area (Å²) in [5.41, 5.74) is -0.732. The van der Waals surface area contributed by atoms with E-state index < -0.39 is 5.60 Å². The highest BCUT2D eigenvalue weighted by molar-refractivity contribution is 9.11. The molecular formula is C11H16Br2N2O. The zero-order valence-electron chi connectivity index (χ0n) is 9.67. The predicted octanol–water partition coefficient (Wildman–Crippen LogP) is 3.20. The maximum Gasteiger partial charge on any atom is 0.143 e. The molecule has 1 aromatic heterocycles. The lowest BCUT2D eigenvalue weighted by atomic mass is 10.1. The van der Waals surface area contributed by atoms with Crippen molar-refractivity contribution in [3.63, 3.8) is 0 Å². The Morgan fingerprint density at radius 1 is 1.44 bits per heavy atom. The summed E-state index contributed by atoms with van der Waals surface area (Å²) >= 11 is 6.85. The minimum Gasteiger partial charge on any atom is -0.389 e. The van der Waals surface area contributed by atoms with Crippen LogP contribution in [0.15, 0.2) is 21.2 Å². The molecule has 0 unspecified atom stereocenters. The van der Waals surface area contributed by atoms with Gasteiger partial charge in [-0.15, -0.1) is 0 Å². The molecule has 0 aliphatic rings. The Kier molecular flexibility index (Phi) is 4.76. The van der Waals surface area contributed by atoms with Gasteiger partial charge in [0, 0.05) is 23.8 Å². The third kappa shape index (κ3) is 4.03. The number of nitrogens with zero attached hydrogens (tertiary/aromatic N) is 2. The van der Waals surface area contributed by atoms with E-state index in [1.165, 1.54) is 0 Å². The molecule has 0 fully saturated rings. The van der Waals surface area contributed by atoms with E-state index in [0.717, 1.165) is 21.3 Å². The van der Waals surface area contributed by atoms with Crippen LogP contribution < -0.4 is 4.90 Å². The summed E-state index contributed by atoms with van der Waals surface area (Å²) in [7, 11) is 0. The fraction of sp³-hybridized carbons (Fsp3) is 0.545. The van der Waals surface area contributed by atoms with Crippen LogP contribution in [0.1, 0.15) is 20.8 Å². The summed E-state index contributed by atoms with van der Waals surface area (Å²) in [6, 6.07) is 1.95. The van der Waals surface area contributed by atoms with Gasteiger partial charge in [0.2, 0.25) is 0 Å². The highest BCUT2D eigenvalue weighted by Crippen LogP contribution is 2.27. The molecule has 16 heavy (non-hydrogen) atoms. The minimum absolute atomic E-state index is 0.552. The molecule has 1 aromatic rings. The number of likely N-dealkylation sites (N-methyl/N-ethyl adjacent to an activating group) is 1. The van der Waals surface area contributed by atoms with Gasteiger partial charge in [0.25, 0.3) is 0 Å². The molecule has 1 rings (SSSR count). The van der Waals surface area contributed by atoms with Gasteiger partial charge in [0.05, 0.1) is 10.1 Å². The predicted molar refractivity (Wildman–Crippen MR) is 73.8 cm³/mol. The SMILES string of the molecule is CCN(CC(C)(C)O)c1ncc(Br)cc1Br. The number of hydrogen-bond acceptors (Lipinski definition) is 3. The number of hydrogen-bond donors (Lipinski definition) is 1. The number of aromatic nitrogens is 1. The van der Waals surface area contributed by atoms with E-state index in [2.05, 4.69) is 36.8 Å². The van der Waals surface area contributed by atoms with E-state index in [1.807, 2.05) is 17.9 Å². The van der Waals surface area contributed by atoms with Gasteiger partial charge in [-0.1, -0.05) is 0 Å². The van der Waals surface area contributed by atoms with Crippen molar-refractivity contribution < 1.29 is 5.11 Å². The monoisotopic (exact) mass is 350 g/mol. The van der Waals surface area contributed by atoms with Crippen LogP contribution in [0.5, 0.6) is 0 Å². The zero-order valence-corrected chi connectivity index (χ0v) is 12.8. The smallest absolute Gasteiger partial charge is 0.143 e.